The summed E-state index contributed by atoms with van der Waals surface area (Å²) in [6, 6.07) is 0. The fraction of sp³-hybridized carbons (Fsp3) is 1.00. The summed E-state index contributed by atoms with van der Waals surface area (Å²) in [5, 5.41) is 0. The van der Waals surface area contributed by atoms with E-state index in [4.69, 9.17) is 0 Å². The first-order valence-electron chi connectivity index (χ1n) is 12.7. The van der Waals surface area contributed by atoms with Gasteiger partial charge in [-0.1, -0.05) is 39.5 Å². The molecular formula is C26H53FO. The maximum atomic E-state index is 15.1. The van der Waals surface area contributed by atoms with Gasteiger partial charge in [0.25, 0.3) is 0 Å². The van der Waals surface area contributed by atoms with Gasteiger partial charge in [-0.25, -0.2) is 4.39 Å². The summed E-state index contributed by atoms with van der Waals surface area (Å²) in [5.41, 5.74) is 0. The Bertz CT molecular complexity index is 456. The smallest absolute Gasteiger partial charge is 0.103 e. The molecule has 0 amide bonds. The summed E-state index contributed by atoms with van der Waals surface area (Å²) in [6.07, 6.45) is 20.0. The summed E-state index contributed by atoms with van der Waals surface area (Å²) in [5.74, 6) is 6.59. The van der Waals surface area contributed by atoms with E-state index in [1.54, 1.807) is 0 Å². The third-order valence-electron chi connectivity index (χ3n) is 9.74. The zero-order chi connectivity index (χ0) is 18.8. The van der Waals surface area contributed by atoms with Gasteiger partial charge in [0.05, 0.1) is 0 Å². The molecule has 2 heteroatoms. The monoisotopic (exact) mass is 400 g/mol. The van der Waals surface area contributed by atoms with E-state index in [2.05, 4.69) is 13.8 Å². The summed E-state index contributed by atoms with van der Waals surface area (Å²) >= 11 is 0. The van der Waals surface area contributed by atoms with Crippen molar-refractivity contribution in [3.05, 3.63) is 0 Å². The third kappa shape index (κ3) is 5.32. The second-order valence-corrected chi connectivity index (χ2v) is 11.5. The van der Waals surface area contributed by atoms with Crippen LogP contribution in [0.3, 0.4) is 0 Å². The van der Waals surface area contributed by atoms with E-state index in [0.29, 0.717) is 17.8 Å². The molecule has 0 radical (unpaired) electrons. The quantitative estimate of drug-likeness (QED) is 0.458. The summed E-state index contributed by atoms with van der Waals surface area (Å²) in [6.45, 7) is 4.81. The van der Waals surface area contributed by atoms with Crippen molar-refractivity contribution in [2.75, 3.05) is 0 Å². The van der Waals surface area contributed by atoms with Crippen LogP contribution in [0.5, 0.6) is 0 Å². The molecule has 2 N–H and O–H groups in total. The third-order valence-corrected chi connectivity index (χ3v) is 9.74. The highest BCUT2D eigenvalue weighted by atomic mass is 19.1. The summed E-state index contributed by atoms with van der Waals surface area (Å²) in [4.78, 5) is 0. The number of halogens is 1. The highest BCUT2D eigenvalue weighted by Crippen LogP contribution is 2.48. The molecular weight excluding hydrogens is 347 g/mol. The van der Waals surface area contributed by atoms with E-state index in [1.807, 2.05) is 0 Å². The number of hydrogen-bond donors (Lipinski definition) is 0. The Hall–Kier alpha value is -0.110. The molecule has 170 valence electrons. The zero-order valence-electron chi connectivity index (χ0n) is 18.7. The summed E-state index contributed by atoms with van der Waals surface area (Å²) in [7, 11) is 0. The number of rotatable bonds is 3. The Morgan fingerprint density at radius 1 is 0.500 bits per heavy atom. The van der Waals surface area contributed by atoms with Crippen molar-refractivity contribution in [1.82, 2.24) is 0 Å². The van der Waals surface area contributed by atoms with Crippen molar-refractivity contribution in [2.24, 2.45) is 47.3 Å². The van der Waals surface area contributed by atoms with Gasteiger partial charge in [-0.05, 0) is 118 Å². The Labute approximate surface area is 178 Å². The molecule has 3 unspecified atom stereocenters. The van der Waals surface area contributed by atoms with Gasteiger partial charge in [0.2, 0.25) is 0 Å². The molecule has 0 aromatic carbocycles. The molecule has 0 bridgehead atoms. The molecule has 0 spiro atoms. The number of hydrogen-bond acceptors (Lipinski definition) is 0. The second-order valence-electron chi connectivity index (χ2n) is 11.5. The lowest BCUT2D eigenvalue weighted by Crippen LogP contribution is -2.37. The van der Waals surface area contributed by atoms with E-state index in [9.17, 15) is 0 Å². The van der Waals surface area contributed by atoms with Crippen LogP contribution in [-0.2, 0) is 0 Å². The first kappa shape index (κ1) is 22.6. The van der Waals surface area contributed by atoms with Crippen LogP contribution in [0.2, 0.25) is 0 Å². The van der Waals surface area contributed by atoms with Gasteiger partial charge in [0, 0.05) is 4.28 Å². The Kier molecular flexibility index (Phi) is 8.28. The minimum Gasteiger partial charge on any atom is -0.412 e. The van der Waals surface area contributed by atoms with E-state index in [0.717, 1.165) is 36.0 Å². The molecule has 0 aromatic heterocycles. The van der Waals surface area contributed by atoms with Crippen LogP contribution >= 0.6 is 0 Å². The van der Waals surface area contributed by atoms with Crippen LogP contribution in [-0.4, -0.2) is 11.6 Å². The lowest BCUT2D eigenvalue weighted by molar-refractivity contribution is 0.0297. The molecule has 4 fully saturated rings. The average Bonchev–Trinajstić information content (AvgIpc) is 2.69. The Morgan fingerprint density at radius 3 is 1.32 bits per heavy atom. The first-order chi connectivity index (χ1) is 13.1. The molecule has 4 aliphatic carbocycles. The molecule has 0 saturated heterocycles. The normalized spacial score (nSPS) is 47.9. The van der Waals surface area contributed by atoms with Crippen LogP contribution in [0.25, 0.3) is 0 Å². The highest BCUT2D eigenvalue weighted by Gasteiger charge is 2.40. The Balaban J connectivity index is 0.00000225. The van der Waals surface area contributed by atoms with Gasteiger partial charge in [-0.3, -0.25) is 0 Å². The molecule has 4 rings (SSSR count). The van der Waals surface area contributed by atoms with Crippen molar-refractivity contribution in [2.45, 2.75) is 116 Å². The van der Waals surface area contributed by atoms with Gasteiger partial charge in [-0.2, -0.15) is 0 Å². The molecule has 0 aliphatic heterocycles. The van der Waals surface area contributed by atoms with Gasteiger partial charge >= 0.3 is 0 Å². The average molecular weight is 401 g/mol. The fourth-order valence-electron chi connectivity index (χ4n) is 7.69. The maximum absolute atomic E-state index is 15.1. The predicted molar refractivity (Wildman–Crippen MR) is 123 cm³/mol. The first-order valence-corrected chi connectivity index (χ1v) is 12.7. The van der Waals surface area contributed by atoms with Crippen LogP contribution in [0, 0.1) is 47.3 Å². The highest BCUT2D eigenvalue weighted by molar-refractivity contribution is 4.90. The fourth-order valence-corrected chi connectivity index (χ4v) is 7.69. The molecule has 28 heavy (non-hydrogen) atoms. The van der Waals surface area contributed by atoms with Crippen LogP contribution < -0.4 is 0 Å². The lowest BCUT2D eigenvalue weighted by Gasteiger charge is -2.44. The van der Waals surface area contributed by atoms with Crippen molar-refractivity contribution in [3.8, 4) is 0 Å². The molecule has 0 aromatic rings. The molecule has 3 atom stereocenters. The van der Waals surface area contributed by atoms with Crippen molar-refractivity contribution < 1.29 is 14.1 Å². The SMILES string of the molecule is CC1CCC(C2CCC(C3CCC(C4CCC(C)CC4)C(F)C3)CC2)CC1.O.[HH].[HH].[HH]. The van der Waals surface area contributed by atoms with E-state index < -0.39 is 6.17 Å². The van der Waals surface area contributed by atoms with Crippen molar-refractivity contribution in [1.29, 1.82) is 0 Å². The largest absolute Gasteiger partial charge is 0.412 e. The topological polar surface area (TPSA) is 31.5 Å². The van der Waals surface area contributed by atoms with Crippen LogP contribution in [0.15, 0.2) is 0 Å². The second kappa shape index (κ2) is 10.3. The van der Waals surface area contributed by atoms with Crippen LogP contribution in [0.1, 0.15) is 114 Å². The van der Waals surface area contributed by atoms with Gasteiger partial charge in [-0.15, -0.1) is 0 Å². The Morgan fingerprint density at radius 2 is 0.857 bits per heavy atom. The predicted octanol–water partition coefficient (Wildman–Crippen LogP) is 8.11. The van der Waals surface area contributed by atoms with E-state index in [-0.39, 0.29) is 9.76 Å². The zero-order valence-corrected chi connectivity index (χ0v) is 18.7. The van der Waals surface area contributed by atoms with Crippen LogP contribution in [0.4, 0.5) is 4.39 Å². The minimum atomic E-state index is -0.486. The maximum Gasteiger partial charge on any atom is 0.103 e. The summed E-state index contributed by atoms with van der Waals surface area (Å²) < 4.78 is 15.1. The minimum absolute atomic E-state index is 0. The van der Waals surface area contributed by atoms with Gasteiger partial charge in [0.15, 0.2) is 0 Å². The standard InChI is InChI=1S/C26H45F.H2O.3H2/c1-18-3-7-20(8-4-18)21-11-13-22(14-12-21)24-15-16-25(26(27)17-24)23-9-5-19(2)6-10-23;;;;/h18-26H,3-17H2,1-2H3;1H2;3*1H. The van der Waals surface area contributed by atoms with Crippen molar-refractivity contribution >= 4 is 0 Å². The molecule has 1 nitrogen and oxygen atoms in total. The molecule has 4 aliphatic rings. The van der Waals surface area contributed by atoms with Gasteiger partial charge in [0.1, 0.15) is 6.17 Å². The molecule has 4 saturated carbocycles. The van der Waals surface area contributed by atoms with Crippen molar-refractivity contribution in [3.63, 3.8) is 0 Å². The van der Waals surface area contributed by atoms with Gasteiger partial charge < -0.3 is 5.48 Å². The lowest BCUT2D eigenvalue weighted by atomic mass is 9.63. The number of alkyl halides is 1. The van der Waals surface area contributed by atoms with E-state index in [1.165, 1.54) is 89.9 Å². The van der Waals surface area contributed by atoms with E-state index >= 15 is 4.39 Å². The molecule has 0 heterocycles.